The Morgan fingerprint density at radius 1 is 0.758 bits per heavy atom. The molecule has 0 saturated carbocycles. The lowest BCUT2D eigenvalue weighted by atomic mass is 9.95. The molecule has 0 spiro atoms. The molecule has 0 fully saturated rings. The van der Waals surface area contributed by atoms with Gasteiger partial charge in [0.05, 0.1) is 5.69 Å². The Balaban J connectivity index is 1.76. The molecule has 1 aromatic heterocycles. The van der Waals surface area contributed by atoms with E-state index < -0.39 is 17.1 Å². The van der Waals surface area contributed by atoms with Crippen LogP contribution in [-0.4, -0.2) is 38.0 Å². The van der Waals surface area contributed by atoms with Crippen molar-refractivity contribution < 1.29 is 14.3 Å². The predicted octanol–water partition coefficient (Wildman–Crippen LogP) is 4.93. The molecule has 3 rings (SSSR count). The second-order valence-electron chi connectivity index (χ2n) is 9.50. The van der Waals surface area contributed by atoms with E-state index in [1.165, 1.54) is 0 Å². The van der Waals surface area contributed by atoms with Gasteiger partial charge in [-0.15, -0.1) is 20.4 Å². The van der Waals surface area contributed by atoms with E-state index in [0.717, 1.165) is 0 Å². The van der Waals surface area contributed by atoms with E-state index in [-0.39, 0.29) is 11.7 Å². The number of nitrogens with zero attached hydrogens (tertiary/aromatic N) is 4. The maximum absolute atomic E-state index is 12.2. The molecule has 3 aromatic rings. The van der Waals surface area contributed by atoms with Crippen molar-refractivity contribution in [2.24, 2.45) is 5.41 Å². The van der Waals surface area contributed by atoms with Crippen molar-refractivity contribution in [1.82, 2.24) is 20.4 Å². The quantitative estimate of drug-likeness (QED) is 0.580. The summed E-state index contributed by atoms with van der Waals surface area (Å²) in [6.45, 7) is 10.9. The van der Waals surface area contributed by atoms with Gasteiger partial charge >= 0.3 is 6.09 Å². The first kappa shape index (κ1) is 23.8. The molecule has 33 heavy (non-hydrogen) atoms. The zero-order chi connectivity index (χ0) is 24.2. The molecule has 9 heteroatoms. The van der Waals surface area contributed by atoms with Crippen LogP contribution in [0, 0.1) is 5.41 Å². The number of rotatable bonds is 4. The van der Waals surface area contributed by atoms with Crippen LogP contribution in [-0.2, 0) is 9.53 Å². The molecule has 0 saturated heterocycles. The minimum Gasteiger partial charge on any atom is -0.444 e. The Morgan fingerprint density at radius 2 is 1.33 bits per heavy atom. The fourth-order valence-electron chi connectivity index (χ4n) is 2.67. The first-order valence-electron chi connectivity index (χ1n) is 10.5. The van der Waals surface area contributed by atoms with Crippen molar-refractivity contribution in [3.05, 3.63) is 48.5 Å². The van der Waals surface area contributed by atoms with Crippen molar-refractivity contribution in [2.75, 3.05) is 10.6 Å². The van der Waals surface area contributed by atoms with Crippen LogP contribution in [0.3, 0.4) is 0 Å². The van der Waals surface area contributed by atoms with Gasteiger partial charge in [0.2, 0.25) is 17.6 Å². The van der Waals surface area contributed by atoms with Crippen LogP contribution in [0.25, 0.3) is 22.8 Å². The molecule has 0 aliphatic rings. The molecule has 172 valence electrons. The third kappa shape index (κ3) is 6.55. The summed E-state index contributed by atoms with van der Waals surface area (Å²) in [6, 6.07) is 14.2. The highest BCUT2D eigenvalue weighted by Gasteiger charge is 2.21. The number of carbonyl (C=O) groups excluding carboxylic acids is 2. The molecule has 0 atom stereocenters. The summed E-state index contributed by atoms with van der Waals surface area (Å²) < 4.78 is 5.31. The molecule has 2 aromatic carbocycles. The van der Waals surface area contributed by atoms with Crippen molar-refractivity contribution in [1.29, 1.82) is 0 Å². The van der Waals surface area contributed by atoms with Gasteiger partial charge < -0.3 is 10.1 Å². The summed E-state index contributed by atoms with van der Waals surface area (Å²) in [6.07, 6.45) is -0.578. The summed E-state index contributed by atoms with van der Waals surface area (Å²) in [7, 11) is 0. The highest BCUT2D eigenvalue weighted by Crippen LogP contribution is 2.26. The van der Waals surface area contributed by atoms with Crippen LogP contribution in [0.4, 0.5) is 16.2 Å². The average molecular weight is 449 g/mol. The molecular weight excluding hydrogens is 420 g/mol. The van der Waals surface area contributed by atoms with Gasteiger partial charge in [-0.3, -0.25) is 10.1 Å². The Hall–Kier alpha value is -3.88. The number of hydrogen-bond donors (Lipinski definition) is 2. The largest absolute Gasteiger partial charge is 0.444 e. The van der Waals surface area contributed by atoms with E-state index in [0.29, 0.717) is 28.3 Å². The number of aromatic nitrogens is 4. The number of amides is 2. The van der Waals surface area contributed by atoms with Gasteiger partial charge in [-0.1, -0.05) is 32.9 Å². The van der Waals surface area contributed by atoms with Gasteiger partial charge in [0.15, 0.2) is 0 Å². The Morgan fingerprint density at radius 3 is 1.91 bits per heavy atom. The van der Waals surface area contributed by atoms with E-state index in [9.17, 15) is 9.59 Å². The van der Waals surface area contributed by atoms with Crippen molar-refractivity contribution in [3.8, 4) is 22.8 Å². The number of nitrogens with one attached hydrogen (secondary N) is 2. The fraction of sp³-hybridized carbons (Fsp3) is 0.333. The third-order valence-electron chi connectivity index (χ3n) is 4.36. The van der Waals surface area contributed by atoms with E-state index in [1.807, 2.05) is 20.8 Å². The summed E-state index contributed by atoms with van der Waals surface area (Å²) in [5.41, 5.74) is 1.33. The second kappa shape index (κ2) is 9.32. The minimum atomic E-state index is -0.620. The predicted molar refractivity (Wildman–Crippen MR) is 126 cm³/mol. The number of anilines is 2. The highest BCUT2D eigenvalue weighted by atomic mass is 16.6. The van der Waals surface area contributed by atoms with Crippen molar-refractivity contribution >= 4 is 23.4 Å². The Kier molecular flexibility index (Phi) is 6.71. The van der Waals surface area contributed by atoms with Gasteiger partial charge in [0.1, 0.15) is 5.60 Å². The molecule has 2 amide bonds. The van der Waals surface area contributed by atoms with Crippen LogP contribution < -0.4 is 10.6 Å². The van der Waals surface area contributed by atoms with Gasteiger partial charge in [-0.2, -0.15) is 0 Å². The molecule has 2 N–H and O–H groups in total. The van der Waals surface area contributed by atoms with E-state index in [1.54, 1.807) is 69.3 Å². The minimum absolute atomic E-state index is 0.0714. The fourth-order valence-corrected chi connectivity index (χ4v) is 2.67. The molecule has 1 heterocycles. The number of hydrogen-bond acceptors (Lipinski definition) is 7. The van der Waals surface area contributed by atoms with Crippen LogP contribution in [0.15, 0.2) is 48.5 Å². The molecule has 0 aliphatic heterocycles. The topological polar surface area (TPSA) is 119 Å². The monoisotopic (exact) mass is 448 g/mol. The summed E-state index contributed by atoms with van der Waals surface area (Å²) >= 11 is 0. The maximum Gasteiger partial charge on any atom is 0.412 e. The zero-order valence-electron chi connectivity index (χ0n) is 19.6. The number of carbonyl (C=O) groups is 2. The standard InChI is InChI=1S/C24H28N6O3/c1-23(2,3)21(31)25-16-13-11-15(12-14-16)19-27-29-20(30-28-19)17-9-7-8-10-18(17)26-22(32)33-24(4,5)6/h7-14H,1-6H3,(H,25,31)(H,26,32). The number of para-hydroxylation sites is 1. The van der Waals surface area contributed by atoms with E-state index >= 15 is 0 Å². The van der Waals surface area contributed by atoms with Crippen molar-refractivity contribution in [2.45, 2.75) is 47.1 Å². The second-order valence-corrected chi connectivity index (χ2v) is 9.50. The highest BCUT2D eigenvalue weighted by molar-refractivity contribution is 5.94. The summed E-state index contributed by atoms with van der Waals surface area (Å²) in [5, 5.41) is 22.3. The normalized spacial score (nSPS) is 11.6. The Labute approximate surface area is 193 Å². The van der Waals surface area contributed by atoms with Gasteiger partial charge in [-0.25, -0.2) is 4.79 Å². The van der Waals surface area contributed by atoms with Crippen LogP contribution in [0.2, 0.25) is 0 Å². The maximum atomic E-state index is 12.2. The molecule has 0 aliphatic carbocycles. The molecule has 9 nitrogen and oxygen atoms in total. The smallest absolute Gasteiger partial charge is 0.412 e. The van der Waals surface area contributed by atoms with Crippen LogP contribution >= 0.6 is 0 Å². The summed E-state index contributed by atoms with van der Waals surface area (Å²) in [5.74, 6) is 0.530. The lowest BCUT2D eigenvalue weighted by Gasteiger charge is -2.20. The lowest BCUT2D eigenvalue weighted by molar-refractivity contribution is -0.123. The van der Waals surface area contributed by atoms with Gasteiger partial charge in [-0.05, 0) is 57.2 Å². The number of benzene rings is 2. The SMILES string of the molecule is CC(C)(C)OC(=O)Nc1ccccc1-c1nnc(-c2ccc(NC(=O)C(C)(C)C)cc2)nn1. The first-order chi connectivity index (χ1) is 15.4. The van der Waals surface area contributed by atoms with E-state index in [4.69, 9.17) is 4.74 Å². The Bertz CT molecular complexity index is 1130. The van der Waals surface area contributed by atoms with Gasteiger partial charge in [0, 0.05) is 22.2 Å². The van der Waals surface area contributed by atoms with Crippen LogP contribution in [0.1, 0.15) is 41.5 Å². The first-order valence-corrected chi connectivity index (χ1v) is 10.5. The molecule has 0 radical (unpaired) electrons. The van der Waals surface area contributed by atoms with Crippen molar-refractivity contribution in [3.63, 3.8) is 0 Å². The zero-order valence-corrected chi connectivity index (χ0v) is 19.6. The van der Waals surface area contributed by atoms with E-state index in [2.05, 4.69) is 31.0 Å². The molecular formula is C24H28N6O3. The number of ether oxygens (including phenoxy) is 1. The third-order valence-corrected chi connectivity index (χ3v) is 4.36. The molecule has 0 bridgehead atoms. The average Bonchev–Trinajstić information content (AvgIpc) is 2.73. The molecule has 0 unspecified atom stereocenters. The van der Waals surface area contributed by atoms with Crippen LogP contribution in [0.5, 0.6) is 0 Å². The summed E-state index contributed by atoms with van der Waals surface area (Å²) in [4.78, 5) is 24.3. The van der Waals surface area contributed by atoms with Gasteiger partial charge in [0.25, 0.3) is 0 Å². The lowest BCUT2D eigenvalue weighted by Crippen LogP contribution is -2.27.